The maximum Gasteiger partial charge on any atom is 0.119 e. The molecule has 0 bridgehead atoms. The van der Waals surface area contributed by atoms with E-state index in [1.54, 1.807) is 0 Å². The summed E-state index contributed by atoms with van der Waals surface area (Å²) < 4.78 is 5.76. The minimum atomic E-state index is 0.256. The molecule has 1 fully saturated rings. The second-order valence-corrected chi connectivity index (χ2v) is 7.00. The number of hydrogen-bond acceptors (Lipinski definition) is 2. The summed E-state index contributed by atoms with van der Waals surface area (Å²) in [6, 6.07) is 8.83. The monoisotopic (exact) mass is 315 g/mol. The van der Waals surface area contributed by atoms with E-state index in [0.29, 0.717) is 5.92 Å². The molecule has 2 unspecified atom stereocenters. The summed E-state index contributed by atoms with van der Waals surface area (Å²) in [7, 11) is 0. The summed E-state index contributed by atoms with van der Waals surface area (Å²) in [5.41, 5.74) is 3.13. The molecule has 2 heteroatoms. The van der Waals surface area contributed by atoms with Gasteiger partial charge in [-0.05, 0) is 76.7 Å². The van der Waals surface area contributed by atoms with Gasteiger partial charge in [0, 0.05) is 5.41 Å². The smallest absolute Gasteiger partial charge is 0.119 e. The molecule has 2 nitrogen and oxygen atoms in total. The van der Waals surface area contributed by atoms with Crippen LogP contribution in [0.5, 0.6) is 5.75 Å². The van der Waals surface area contributed by atoms with E-state index < -0.39 is 0 Å². The lowest BCUT2D eigenvalue weighted by molar-refractivity contribution is 0.300. The first-order valence-electron chi connectivity index (χ1n) is 9.19. The standard InChI is InChI=1S/C21H33NO/c1-5-22-16-19-10-8-13-21(19,14-12-17(3)4)18-9-7-11-20(15-18)23-6-2/h7,9,11-12,15,19,22H,5-6,8,10,13-14,16H2,1-4H3. The van der Waals surface area contributed by atoms with Gasteiger partial charge in [0.05, 0.1) is 6.61 Å². The molecule has 1 aromatic rings. The Morgan fingerprint density at radius 1 is 1.35 bits per heavy atom. The van der Waals surface area contributed by atoms with Crippen molar-refractivity contribution < 1.29 is 4.74 Å². The van der Waals surface area contributed by atoms with Gasteiger partial charge in [0.25, 0.3) is 0 Å². The highest BCUT2D eigenvalue weighted by atomic mass is 16.5. The van der Waals surface area contributed by atoms with Crippen LogP contribution in [0.15, 0.2) is 35.9 Å². The van der Waals surface area contributed by atoms with Crippen molar-refractivity contribution in [1.82, 2.24) is 5.32 Å². The maximum atomic E-state index is 5.76. The van der Waals surface area contributed by atoms with Crippen molar-refractivity contribution in [3.63, 3.8) is 0 Å². The summed E-state index contributed by atoms with van der Waals surface area (Å²) in [4.78, 5) is 0. The minimum absolute atomic E-state index is 0.256. The fraction of sp³-hybridized carbons (Fsp3) is 0.619. The van der Waals surface area contributed by atoms with Gasteiger partial charge in [-0.3, -0.25) is 0 Å². The molecular weight excluding hydrogens is 282 g/mol. The van der Waals surface area contributed by atoms with Gasteiger partial charge in [-0.1, -0.05) is 37.1 Å². The summed E-state index contributed by atoms with van der Waals surface area (Å²) in [6.07, 6.45) is 7.50. The summed E-state index contributed by atoms with van der Waals surface area (Å²) in [5, 5.41) is 3.59. The second-order valence-electron chi connectivity index (χ2n) is 7.00. The van der Waals surface area contributed by atoms with Gasteiger partial charge in [0.2, 0.25) is 0 Å². The Labute approximate surface area is 142 Å². The predicted octanol–water partition coefficient (Wildman–Crippen LogP) is 5.09. The molecule has 0 amide bonds. The van der Waals surface area contributed by atoms with Crippen molar-refractivity contribution in [3.8, 4) is 5.75 Å². The third-order valence-corrected chi connectivity index (χ3v) is 5.19. The van der Waals surface area contributed by atoms with Crippen LogP contribution < -0.4 is 10.1 Å². The van der Waals surface area contributed by atoms with Crippen LogP contribution in [0.4, 0.5) is 0 Å². The van der Waals surface area contributed by atoms with Crippen LogP contribution in [0.3, 0.4) is 0 Å². The molecule has 0 aliphatic heterocycles. The average Bonchev–Trinajstić information content (AvgIpc) is 2.95. The minimum Gasteiger partial charge on any atom is -0.494 e. The Morgan fingerprint density at radius 2 is 2.17 bits per heavy atom. The highest BCUT2D eigenvalue weighted by molar-refractivity contribution is 5.36. The Morgan fingerprint density at radius 3 is 2.87 bits per heavy atom. The molecule has 1 N–H and O–H groups in total. The highest BCUT2D eigenvalue weighted by Crippen LogP contribution is 2.49. The zero-order valence-corrected chi connectivity index (χ0v) is 15.3. The third-order valence-electron chi connectivity index (χ3n) is 5.19. The second kappa shape index (κ2) is 8.54. The van der Waals surface area contributed by atoms with Crippen LogP contribution in [-0.4, -0.2) is 19.7 Å². The lowest BCUT2D eigenvalue weighted by Crippen LogP contribution is -2.37. The molecule has 2 atom stereocenters. The molecular formula is C21H33NO. The van der Waals surface area contributed by atoms with Crippen LogP contribution in [0.1, 0.15) is 58.9 Å². The highest BCUT2D eigenvalue weighted by Gasteiger charge is 2.43. The van der Waals surface area contributed by atoms with Gasteiger partial charge < -0.3 is 10.1 Å². The number of benzene rings is 1. The van der Waals surface area contributed by atoms with Gasteiger partial charge in [-0.2, -0.15) is 0 Å². The Bertz CT molecular complexity index is 518. The summed E-state index contributed by atoms with van der Waals surface area (Å²) in [6.45, 7) is 11.6. The van der Waals surface area contributed by atoms with Gasteiger partial charge >= 0.3 is 0 Å². The molecule has 0 spiro atoms. The van der Waals surface area contributed by atoms with E-state index in [-0.39, 0.29) is 5.41 Å². The molecule has 0 radical (unpaired) electrons. The van der Waals surface area contributed by atoms with E-state index in [0.717, 1.165) is 31.9 Å². The van der Waals surface area contributed by atoms with Gasteiger partial charge in [0.1, 0.15) is 5.75 Å². The lowest BCUT2D eigenvalue weighted by atomic mass is 9.69. The van der Waals surface area contributed by atoms with Crippen molar-refractivity contribution >= 4 is 0 Å². The van der Waals surface area contributed by atoms with E-state index in [9.17, 15) is 0 Å². The van der Waals surface area contributed by atoms with Crippen LogP contribution >= 0.6 is 0 Å². The van der Waals surface area contributed by atoms with E-state index in [1.807, 2.05) is 0 Å². The predicted molar refractivity (Wildman–Crippen MR) is 99.2 cm³/mol. The number of nitrogens with one attached hydrogen (secondary N) is 1. The molecule has 128 valence electrons. The van der Waals surface area contributed by atoms with Gasteiger partial charge in [-0.15, -0.1) is 0 Å². The van der Waals surface area contributed by atoms with Crippen LogP contribution in [-0.2, 0) is 5.41 Å². The molecule has 1 aromatic carbocycles. The fourth-order valence-corrected chi connectivity index (χ4v) is 3.98. The van der Waals surface area contributed by atoms with E-state index >= 15 is 0 Å². The van der Waals surface area contributed by atoms with E-state index in [4.69, 9.17) is 4.74 Å². The topological polar surface area (TPSA) is 21.3 Å². The first-order chi connectivity index (χ1) is 11.1. The quantitative estimate of drug-likeness (QED) is 0.675. The Kier molecular flexibility index (Phi) is 6.71. The molecule has 2 rings (SSSR count). The summed E-state index contributed by atoms with van der Waals surface area (Å²) >= 11 is 0. The van der Waals surface area contributed by atoms with Crippen molar-refractivity contribution in [2.75, 3.05) is 19.7 Å². The molecule has 0 heterocycles. The molecule has 1 aliphatic rings. The van der Waals surface area contributed by atoms with Crippen molar-refractivity contribution in [3.05, 3.63) is 41.5 Å². The first kappa shape index (κ1) is 18.1. The third kappa shape index (κ3) is 4.38. The van der Waals surface area contributed by atoms with Crippen molar-refractivity contribution in [2.24, 2.45) is 5.92 Å². The van der Waals surface area contributed by atoms with Gasteiger partial charge in [-0.25, -0.2) is 0 Å². The lowest BCUT2D eigenvalue weighted by Gasteiger charge is -2.36. The van der Waals surface area contributed by atoms with E-state index in [2.05, 4.69) is 63.4 Å². The molecule has 23 heavy (non-hydrogen) atoms. The Hall–Kier alpha value is -1.28. The molecule has 0 aromatic heterocycles. The zero-order valence-electron chi connectivity index (χ0n) is 15.3. The average molecular weight is 316 g/mol. The SMILES string of the molecule is CCNCC1CCCC1(CC=C(C)C)c1cccc(OCC)c1. The first-order valence-corrected chi connectivity index (χ1v) is 9.19. The number of rotatable bonds is 8. The van der Waals surface area contributed by atoms with E-state index in [1.165, 1.54) is 30.4 Å². The number of ether oxygens (including phenoxy) is 1. The Balaban J connectivity index is 2.36. The molecule has 0 saturated heterocycles. The zero-order chi connectivity index (χ0) is 16.7. The molecule has 1 aliphatic carbocycles. The van der Waals surface area contributed by atoms with Crippen molar-refractivity contribution in [2.45, 2.75) is 58.8 Å². The summed E-state index contributed by atoms with van der Waals surface area (Å²) in [5.74, 6) is 1.71. The van der Waals surface area contributed by atoms with Crippen LogP contribution in [0.2, 0.25) is 0 Å². The number of hydrogen-bond donors (Lipinski definition) is 1. The van der Waals surface area contributed by atoms with Crippen LogP contribution in [0, 0.1) is 5.92 Å². The van der Waals surface area contributed by atoms with Crippen LogP contribution in [0.25, 0.3) is 0 Å². The largest absolute Gasteiger partial charge is 0.494 e. The normalized spacial score (nSPS) is 23.7. The maximum absolute atomic E-state index is 5.76. The van der Waals surface area contributed by atoms with Gasteiger partial charge in [0.15, 0.2) is 0 Å². The molecule has 1 saturated carbocycles. The van der Waals surface area contributed by atoms with Crippen molar-refractivity contribution in [1.29, 1.82) is 0 Å². The fourth-order valence-electron chi connectivity index (χ4n) is 3.98. The number of allylic oxidation sites excluding steroid dienone is 2.